The molecule has 47 heavy (non-hydrogen) atoms. The number of benzene rings is 4. The average molecular weight is 678 g/mol. The highest BCUT2D eigenvalue weighted by Crippen LogP contribution is 2.32. The number of nitrogens with zero attached hydrogens (tertiary/aromatic N) is 2. The van der Waals surface area contributed by atoms with Gasteiger partial charge in [0.25, 0.3) is 10.0 Å². The fourth-order valence-electron chi connectivity index (χ4n) is 5.00. The molecule has 1 N–H and O–H groups in total. The largest absolute Gasteiger partial charge is 0.497 e. The Morgan fingerprint density at radius 2 is 1.49 bits per heavy atom. The first-order chi connectivity index (χ1) is 22.5. The molecule has 0 saturated carbocycles. The Labute approximate surface area is 282 Å². The number of methoxy groups -OCH3 is 2. The Morgan fingerprint density at radius 1 is 0.830 bits per heavy atom. The van der Waals surface area contributed by atoms with Gasteiger partial charge in [0.1, 0.15) is 24.1 Å². The Bertz CT molecular complexity index is 1750. The van der Waals surface area contributed by atoms with E-state index in [1.807, 2.05) is 50.2 Å². The number of nitrogens with one attached hydrogen (secondary N) is 1. The molecule has 0 aliphatic rings. The van der Waals surface area contributed by atoms with Gasteiger partial charge in [-0.1, -0.05) is 86.1 Å². The molecule has 0 aliphatic carbocycles. The molecule has 0 spiro atoms. The Kier molecular flexibility index (Phi) is 12.3. The summed E-state index contributed by atoms with van der Waals surface area (Å²) in [7, 11) is -1.26. The summed E-state index contributed by atoms with van der Waals surface area (Å²) in [6, 6.07) is 28.0. The van der Waals surface area contributed by atoms with Crippen molar-refractivity contribution < 1.29 is 27.5 Å². The van der Waals surface area contributed by atoms with Crippen molar-refractivity contribution in [2.24, 2.45) is 5.92 Å². The zero-order chi connectivity index (χ0) is 34.0. The van der Waals surface area contributed by atoms with Gasteiger partial charge in [-0.15, -0.1) is 0 Å². The molecule has 11 heteroatoms. The monoisotopic (exact) mass is 677 g/mol. The van der Waals surface area contributed by atoms with Gasteiger partial charge in [0.15, 0.2) is 0 Å². The maximum atomic E-state index is 14.6. The molecule has 0 radical (unpaired) electrons. The van der Waals surface area contributed by atoms with Crippen molar-refractivity contribution in [3.8, 4) is 11.5 Å². The number of carbonyl (C=O) groups excluding carboxylic acids is 2. The van der Waals surface area contributed by atoms with Crippen molar-refractivity contribution in [2.75, 3.05) is 31.6 Å². The van der Waals surface area contributed by atoms with Crippen molar-refractivity contribution >= 4 is 39.1 Å². The van der Waals surface area contributed by atoms with Crippen LogP contribution in [0.4, 0.5) is 5.69 Å². The zero-order valence-electron chi connectivity index (χ0n) is 26.9. The highest BCUT2D eigenvalue weighted by atomic mass is 35.5. The summed E-state index contributed by atoms with van der Waals surface area (Å²) in [5.41, 5.74) is 1.71. The average Bonchev–Trinajstić information content (AvgIpc) is 3.08. The molecule has 0 aliphatic heterocycles. The maximum absolute atomic E-state index is 14.6. The van der Waals surface area contributed by atoms with Crippen LogP contribution in [0.15, 0.2) is 108 Å². The van der Waals surface area contributed by atoms with Gasteiger partial charge < -0.3 is 19.7 Å². The van der Waals surface area contributed by atoms with Crippen LogP contribution in [0.5, 0.6) is 11.5 Å². The van der Waals surface area contributed by atoms with E-state index < -0.39 is 28.5 Å². The van der Waals surface area contributed by atoms with Crippen LogP contribution < -0.4 is 19.1 Å². The fourth-order valence-corrected chi connectivity index (χ4v) is 6.68. The van der Waals surface area contributed by atoms with E-state index in [0.29, 0.717) is 23.6 Å². The first-order valence-electron chi connectivity index (χ1n) is 15.2. The Balaban J connectivity index is 1.82. The van der Waals surface area contributed by atoms with Crippen molar-refractivity contribution in [1.82, 2.24) is 10.2 Å². The number of ether oxygens (including phenoxy) is 2. The lowest BCUT2D eigenvalue weighted by atomic mass is 10.0. The molecular weight excluding hydrogens is 638 g/mol. The molecule has 0 heterocycles. The number of amides is 2. The van der Waals surface area contributed by atoms with Crippen LogP contribution in [-0.2, 0) is 32.6 Å². The van der Waals surface area contributed by atoms with E-state index >= 15 is 0 Å². The smallest absolute Gasteiger partial charge is 0.264 e. The van der Waals surface area contributed by atoms with Crippen molar-refractivity contribution in [2.45, 2.75) is 37.8 Å². The van der Waals surface area contributed by atoms with E-state index in [-0.39, 0.29) is 40.4 Å². The van der Waals surface area contributed by atoms with E-state index in [2.05, 4.69) is 5.32 Å². The zero-order valence-corrected chi connectivity index (χ0v) is 28.5. The van der Waals surface area contributed by atoms with Crippen LogP contribution >= 0.6 is 11.6 Å². The van der Waals surface area contributed by atoms with Crippen LogP contribution in [0, 0.1) is 5.92 Å². The van der Waals surface area contributed by atoms with Crippen LogP contribution in [0.3, 0.4) is 0 Å². The number of hydrogen-bond acceptors (Lipinski definition) is 6. The lowest BCUT2D eigenvalue weighted by Crippen LogP contribution is -2.53. The molecule has 0 bridgehead atoms. The molecule has 0 unspecified atom stereocenters. The summed E-state index contributed by atoms with van der Waals surface area (Å²) in [6.07, 6.45) is 0.209. The van der Waals surface area contributed by atoms with Crippen LogP contribution in [-0.4, -0.2) is 58.5 Å². The van der Waals surface area contributed by atoms with Crippen molar-refractivity contribution in [3.05, 3.63) is 119 Å². The predicted molar refractivity (Wildman–Crippen MR) is 184 cm³/mol. The number of halogens is 1. The summed E-state index contributed by atoms with van der Waals surface area (Å²) >= 11 is 6.44. The maximum Gasteiger partial charge on any atom is 0.264 e. The Morgan fingerprint density at radius 3 is 2.11 bits per heavy atom. The van der Waals surface area contributed by atoms with E-state index in [1.54, 1.807) is 49.6 Å². The van der Waals surface area contributed by atoms with E-state index in [1.165, 1.54) is 36.3 Å². The van der Waals surface area contributed by atoms with Gasteiger partial charge in [0.2, 0.25) is 11.8 Å². The fraction of sp³-hybridized carbons (Fsp3) is 0.278. The van der Waals surface area contributed by atoms with Crippen LogP contribution in [0.25, 0.3) is 0 Å². The standard InChI is InChI=1S/C36H40ClN3O6S/c1-26(2)23-38-36(42)33(21-27-12-7-5-8-13-27)39(24-28-14-11-15-30(20-28)45-3)35(41)25-40(29-18-19-34(46-4)32(37)22-29)47(43,44)31-16-9-6-10-17-31/h5-20,22,26,33H,21,23-25H2,1-4H3,(H,38,42)/t33-/m1/s1. The third-order valence-electron chi connectivity index (χ3n) is 7.48. The molecule has 4 rings (SSSR count). The number of hydrogen-bond donors (Lipinski definition) is 1. The normalized spacial score (nSPS) is 11.9. The first-order valence-corrected chi connectivity index (χ1v) is 17.0. The van der Waals surface area contributed by atoms with Gasteiger partial charge in [-0.3, -0.25) is 13.9 Å². The minimum Gasteiger partial charge on any atom is -0.497 e. The van der Waals surface area contributed by atoms with Gasteiger partial charge in [-0.05, 0) is 59.5 Å². The van der Waals surface area contributed by atoms with Gasteiger partial charge in [-0.2, -0.15) is 0 Å². The third-order valence-corrected chi connectivity index (χ3v) is 9.56. The minimum absolute atomic E-state index is 0.00500. The van der Waals surface area contributed by atoms with E-state index in [9.17, 15) is 18.0 Å². The summed E-state index contributed by atoms with van der Waals surface area (Å²) < 4.78 is 40.0. The first kappa shape index (κ1) is 35.3. The van der Waals surface area contributed by atoms with Crippen LogP contribution in [0.1, 0.15) is 25.0 Å². The van der Waals surface area contributed by atoms with Crippen LogP contribution in [0.2, 0.25) is 5.02 Å². The molecule has 9 nitrogen and oxygen atoms in total. The molecule has 0 fully saturated rings. The summed E-state index contributed by atoms with van der Waals surface area (Å²) in [5, 5.41) is 3.16. The minimum atomic E-state index is -4.26. The molecule has 2 amide bonds. The second kappa shape index (κ2) is 16.3. The van der Waals surface area contributed by atoms with E-state index in [0.717, 1.165) is 9.87 Å². The molecule has 248 valence electrons. The number of anilines is 1. The summed E-state index contributed by atoms with van der Waals surface area (Å²) in [4.78, 5) is 29.9. The second-order valence-electron chi connectivity index (χ2n) is 11.4. The van der Waals surface area contributed by atoms with Gasteiger partial charge in [0.05, 0.1) is 29.8 Å². The molecular formula is C36H40ClN3O6S. The summed E-state index contributed by atoms with van der Waals surface area (Å²) in [5.74, 6) is 0.178. The van der Waals surface area contributed by atoms with Gasteiger partial charge in [0, 0.05) is 19.5 Å². The number of carbonyl (C=O) groups is 2. The lowest BCUT2D eigenvalue weighted by molar-refractivity contribution is -0.140. The highest BCUT2D eigenvalue weighted by Gasteiger charge is 2.35. The van der Waals surface area contributed by atoms with Crippen molar-refractivity contribution in [1.29, 1.82) is 0 Å². The van der Waals surface area contributed by atoms with Gasteiger partial charge in [-0.25, -0.2) is 8.42 Å². The number of sulfonamides is 1. The second-order valence-corrected chi connectivity index (χ2v) is 13.6. The van der Waals surface area contributed by atoms with Crippen molar-refractivity contribution in [3.63, 3.8) is 0 Å². The highest BCUT2D eigenvalue weighted by molar-refractivity contribution is 7.92. The molecule has 0 aromatic heterocycles. The quantitative estimate of drug-likeness (QED) is 0.166. The SMILES string of the molecule is COc1cccc(CN(C(=O)CN(c2ccc(OC)c(Cl)c2)S(=O)(=O)c2ccccc2)[C@H](Cc2ccccc2)C(=O)NCC(C)C)c1. The third kappa shape index (κ3) is 9.27. The molecule has 4 aromatic carbocycles. The topological polar surface area (TPSA) is 105 Å². The molecule has 0 saturated heterocycles. The Hall–Kier alpha value is -4.54. The predicted octanol–water partition coefficient (Wildman–Crippen LogP) is 5.96. The van der Waals surface area contributed by atoms with Gasteiger partial charge >= 0.3 is 0 Å². The van der Waals surface area contributed by atoms with E-state index in [4.69, 9.17) is 21.1 Å². The summed E-state index contributed by atoms with van der Waals surface area (Å²) in [6.45, 7) is 3.79. The molecule has 1 atom stereocenters. The molecule has 4 aromatic rings. The number of rotatable bonds is 15. The lowest BCUT2D eigenvalue weighted by Gasteiger charge is -2.34.